The van der Waals surface area contributed by atoms with E-state index in [2.05, 4.69) is 20.5 Å². The van der Waals surface area contributed by atoms with Crippen molar-refractivity contribution in [1.29, 1.82) is 0 Å². The van der Waals surface area contributed by atoms with Gasteiger partial charge in [-0.1, -0.05) is 18.2 Å². The van der Waals surface area contributed by atoms with Gasteiger partial charge in [0.15, 0.2) is 17.5 Å². The average Bonchev–Trinajstić information content (AvgIpc) is 2.75. The Bertz CT molecular complexity index is 824. The molecule has 29 heavy (non-hydrogen) atoms. The minimum atomic E-state index is -0.657. The van der Waals surface area contributed by atoms with E-state index in [1.54, 1.807) is 25.2 Å². The number of hydrogen-bond acceptors (Lipinski definition) is 4. The Morgan fingerprint density at radius 1 is 1.14 bits per heavy atom. The van der Waals surface area contributed by atoms with E-state index in [1.807, 2.05) is 0 Å². The lowest BCUT2D eigenvalue weighted by atomic mass is 10.0. The molecule has 1 heterocycles. The molecule has 0 amide bonds. The number of hydrogen-bond donors (Lipinski definition) is 3. The van der Waals surface area contributed by atoms with E-state index in [0.29, 0.717) is 37.8 Å². The number of nitrogens with zero attached hydrogens (tertiary/aromatic N) is 2. The first-order chi connectivity index (χ1) is 14.1. The molecule has 0 bridgehead atoms. The summed E-state index contributed by atoms with van der Waals surface area (Å²) in [4.78, 5) is 6.51. The SMILES string of the molecule is CN=C(NCc1ccc(O)c(F)c1)NCC(c1ccc(F)cc1)N1CCOCC1. The molecule has 0 saturated carbocycles. The summed E-state index contributed by atoms with van der Waals surface area (Å²) < 4.78 is 32.3. The summed E-state index contributed by atoms with van der Waals surface area (Å²) in [6.45, 7) is 3.84. The summed E-state index contributed by atoms with van der Waals surface area (Å²) in [7, 11) is 1.66. The van der Waals surface area contributed by atoms with Gasteiger partial charge in [0.25, 0.3) is 0 Å². The monoisotopic (exact) mass is 404 g/mol. The van der Waals surface area contributed by atoms with Crippen molar-refractivity contribution >= 4 is 5.96 Å². The van der Waals surface area contributed by atoms with Crippen LogP contribution in [0.1, 0.15) is 17.2 Å². The van der Waals surface area contributed by atoms with Crippen LogP contribution in [0.2, 0.25) is 0 Å². The van der Waals surface area contributed by atoms with Crippen molar-refractivity contribution in [2.24, 2.45) is 4.99 Å². The van der Waals surface area contributed by atoms with Crippen molar-refractivity contribution < 1.29 is 18.6 Å². The molecule has 1 aliphatic rings. The van der Waals surface area contributed by atoms with Gasteiger partial charge in [0.1, 0.15) is 5.82 Å². The Morgan fingerprint density at radius 3 is 2.52 bits per heavy atom. The number of ether oxygens (including phenoxy) is 1. The topological polar surface area (TPSA) is 69.1 Å². The number of rotatable bonds is 6. The molecule has 0 radical (unpaired) electrons. The molecule has 6 nitrogen and oxygen atoms in total. The van der Waals surface area contributed by atoms with E-state index in [9.17, 15) is 13.9 Å². The Morgan fingerprint density at radius 2 is 1.86 bits per heavy atom. The summed E-state index contributed by atoms with van der Waals surface area (Å²) in [5, 5.41) is 15.7. The fourth-order valence-corrected chi connectivity index (χ4v) is 3.29. The summed E-state index contributed by atoms with van der Waals surface area (Å²) in [5.41, 5.74) is 1.70. The molecule has 1 atom stereocenters. The third-order valence-corrected chi connectivity index (χ3v) is 4.90. The van der Waals surface area contributed by atoms with Crippen LogP contribution < -0.4 is 10.6 Å². The minimum Gasteiger partial charge on any atom is -0.505 e. The van der Waals surface area contributed by atoms with Gasteiger partial charge in [0.2, 0.25) is 0 Å². The second-order valence-electron chi connectivity index (χ2n) is 6.81. The Labute approximate surface area is 169 Å². The predicted octanol–water partition coefficient (Wildman–Crippen LogP) is 2.41. The van der Waals surface area contributed by atoms with Gasteiger partial charge in [-0.25, -0.2) is 8.78 Å². The van der Waals surface area contributed by atoms with Crippen LogP contribution >= 0.6 is 0 Å². The first-order valence-electron chi connectivity index (χ1n) is 9.56. The molecule has 8 heteroatoms. The fraction of sp³-hybridized carbons (Fsp3) is 0.381. The lowest BCUT2D eigenvalue weighted by Crippen LogP contribution is -2.46. The largest absolute Gasteiger partial charge is 0.505 e. The molecular formula is C21H26F2N4O2. The van der Waals surface area contributed by atoms with Crippen molar-refractivity contribution in [3.8, 4) is 5.75 Å². The van der Waals surface area contributed by atoms with Crippen molar-refractivity contribution in [2.75, 3.05) is 39.9 Å². The second kappa shape index (κ2) is 10.2. The number of nitrogens with one attached hydrogen (secondary N) is 2. The Kier molecular flexibility index (Phi) is 7.37. The number of aromatic hydroxyl groups is 1. The summed E-state index contributed by atoms with van der Waals surface area (Å²) in [6, 6.07) is 10.8. The highest BCUT2D eigenvalue weighted by atomic mass is 19.1. The molecular weight excluding hydrogens is 378 g/mol. The van der Waals surface area contributed by atoms with Crippen LogP contribution in [0.3, 0.4) is 0 Å². The average molecular weight is 404 g/mol. The molecule has 2 aromatic rings. The van der Waals surface area contributed by atoms with Gasteiger partial charge < -0.3 is 20.5 Å². The number of phenolic OH excluding ortho intramolecular Hbond substituents is 1. The zero-order valence-corrected chi connectivity index (χ0v) is 16.4. The summed E-state index contributed by atoms with van der Waals surface area (Å²) in [6.07, 6.45) is 0. The van der Waals surface area contributed by atoms with E-state index in [1.165, 1.54) is 24.3 Å². The van der Waals surface area contributed by atoms with Gasteiger partial charge in [-0.15, -0.1) is 0 Å². The lowest BCUT2D eigenvalue weighted by Gasteiger charge is -2.35. The van der Waals surface area contributed by atoms with E-state index < -0.39 is 5.82 Å². The van der Waals surface area contributed by atoms with Crippen molar-refractivity contribution in [3.63, 3.8) is 0 Å². The van der Waals surface area contributed by atoms with E-state index >= 15 is 0 Å². The van der Waals surface area contributed by atoms with Gasteiger partial charge in [-0.2, -0.15) is 0 Å². The van der Waals surface area contributed by atoms with Crippen LogP contribution in [0.4, 0.5) is 8.78 Å². The smallest absolute Gasteiger partial charge is 0.191 e. The number of phenols is 1. The quantitative estimate of drug-likeness (QED) is 0.510. The first-order valence-corrected chi connectivity index (χ1v) is 9.56. The number of guanidine groups is 1. The fourth-order valence-electron chi connectivity index (χ4n) is 3.29. The van der Waals surface area contributed by atoms with Gasteiger partial charge in [0, 0.05) is 33.2 Å². The van der Waals surface area contributed by atoms with Gasteiger partial charge in [-0.05, 0) is 35.4 Å². The lowest BCUT2D eigenvalue weighted by molar-refractivity contribution is 0.0170. The van der Waals surface area contributed by atoms with Crippen molar-refractivity contribution in [2.45, 2.75) is 12.6 Å². The summed E-state index contributed by atoms with van der Waals surface area (Å²) in [5.74, 6) is -0.722. The standard InChI is InChI=1S/C21H26F2N4O2/c1-24-21(25-13-15-2-7-20(28)18(23)12-15)26-14-19(27-8-10-29-11-9-27)16-3-5-17(22)6-4-16/h2-7,12,19,28H,8-11,13-14H2,1H3,(H2,24,25,26). The maximum Gasteiger partial charge on any atom is 0.191 e. The van der Waals surface area contributed by atoms with Crippen LogP contribution in [0, 0.1) is 11.6 Å². The van der Waals surface area contributed by atoms with Crippen molar-refractivity contribution in [3.05, 3.63) is 65.2 Å². The first kappa shape index (κ1) is 21.0. The number of benzene rings is 2. The zero-order valence-electron chi connectivity index (χ0n) is 16.4. The van der Waals surface area contributed by atoms with E-state index in [0.717, 1.165) is 18.7 Å². The van der Waals surface area contributed by atoms with Crippen LogP contribution in [-0.2, 0) is 11.3 Å². The van der Waals surface area contributed by atoms with Gasteiger partial charge >= 0.3 is 0 Å². The molecule has 0 spiro atoms. The van der Waals surface area contributed by atoms with Crippen LogP contribution in [0.5, 0.6) is 5.75 Å². The highest BCUT2D eigenvalue weighted by Crippen LogP contribution is 2.22. The zero-order chi connectivity index (χ0) is 20.6. The number of halogens is 2. The molecule has 156 valence electrons. The van der Waals surface area contributed by atoms with E-state index in [4.69, 9.17) is 4.74 Å². The molecule has 2 aromatic carbocycles. The molecule has 1 saturated heterocycles. The molecule has 0 aromatic heterocycles. The summed E-state index contributed by atoms with van der Waals surface area (Å²) >= 11 is 0. The number of aliphatic imine (C=N–C) groups is 1. The molecule has 1 unspecified atom stereocenters. The highest BCUT2D eigenvalue weighted by molar-refractivity contribution is 5.79. The molecule has 0 aliphatic carbocycles. The van der Waals surface area contributed by atoms with Crippen molar-refractivity contribution in [1.82, 2.24) is 15.5 Å². The molecule has 3 rings (SSSR count). The second-order valence-corrected chi connectivity index (χ2v) is 6.81. The van der Waals surface area contributed by atoms with Crippen LogP contribution in [0.25, 0.3) is 0 Å². The minimum absolute atomic E-state index is 0.0316. The molecule has 1 aliphatic heterocycles. The van der Waals surface area contributed by atoms with Gasteiger partial charge in [-0.3, -0.25) is 9.89 Å². The Hall–Kier alpha value is -2.71. The highest BCUT2D eigenvalue weighted by Gasteiger charge is 2.23. The number of morpholine rings is 1. The maximum absolute atomic E-state index is 13.5. The molecule has 1 fully saturated rings. The third-order valence-electron chi connectivity index (χ3n) is 4.90. The predicted molar refractivity (Wildman–Crippen MR) is 108 cm³/mol. The van der Waals surface area contributed by atoms with E-state index in [-0.39, 0.29) is 17.6 Å². The normalized spacial score (nSPS) is 16.4. The maximum atomic E-state index is 13.5. The van der Waals surface area contributed by atoms with Crippen LogP contribution in [0.15, 0.2) is 47.5 Å². The Balaban J connectivity index is 1.63. The van der Waals surface area contributed by atoms with Crippen LogP contribution in [-0.4, -0.2) is 55.9 Å². The van der Waals surface area contributed by atoms with Gasteiger partial charge in [0.05, 0.1) is 19.3 Å². The molecule has 3 N–H and O–H groups in total. The third kappa shape index (κ3) is 5.88.